The lowest BCUT2D eigenvalue weighted by Gasteiger charge is -2.34. The molecule has 0 radical (unpaired) electrons. The lowest BCUT2D eigenvalue weighted by atomic mass is 9.85. The molecule has 9 heteroatoms. The third-order valence-corrected chi connectivity index (χ3v) is 5.93. The molecule has 2 atom stereocenters. The summed E-state index contributed by atoms with van der Waals surface area (Å²) in [5.41, 5.74) is 0.527. The molecule has 1 aliphatic heterocycles. The van der Waals surface area contributed by atoms with Crippen LogP contribution in [-0.2, 0) is 22.6 Å². The molecule has 2 heterocycles. The number of carbonyl (C=O) groups is 2. The summed E-state index contributed by atoms with van der Waals surface area (Å²) in [7, 11) is 1.66. The van der Waals surface area contributed by atoms with Gasteiger partial charge in [0.15, 0.2) is 0 Å². The average molecular weight is 461 g/mol. The van der Waals surface area contributed by atoms with Gasteiger partial charge in [0.05, 0.1) is 18.3 Å². The minimum atomic E-state index is -0.790. The van der Waals surface area contributed by atoms with E-state index in [9.17, 15) is 23.2 Å². The highest BCUT2D eigenvalue weighted by Crippen LogP contribution is 2.30. The van der Waals surface area contributed by atoms with Gasteiger partial charge in [0, 0.05) is 30.4 Å². The highest BCUT2D eigenvalue weighted by Gasteiger charge is 2.39. The number of aromatic nitrogens is 1. The lowest BCUT2D eigenvalue weighted by Crippen LogP contribution is -2.57. The standard InChI is InChI=1S/C24H30F2N4O3/c1-14(27-5)22(32)28-21(24(2,3)4)23(33)30-9-8-15-10-20(31)29(13-19(15)30)12-16-6-7-17(25)11-18(16)26/h6-7,10-11,13-14,21,27H,8-9,12H2,1-5H3,(H,28,32)/t14-,21+/m0/s1. The van der Waals surface area contributed by atoms with Gasteiger partial charge < -0.3 is 20.1 Å². The van der Waals surface area contributed by atoms with Gasteiger partial charge in [0.1, 0.15) is 17.7 Å². The molecule has 2 amide bonds. The van der Waals surface area contributed by atoms with Crippen molar-refractivity contribution in [2.75, 3.05) is 18.5 Å². The van der Waals surface area contributed by atoms with E-state index in [-0.39, 0.29) is 29.5 Å². The van der Waals surface area contributed by atoms with Crippen LogP contribution in [0.1, 0.15) is 38.8 Å². The van der Waals surface area contributed by atoms with E-state index in [0.29, 0.717) is 24.2 Å². The average Bonchev–Trinajstić information content (AvgIpc) is 3.14. The van der Waals surface area contributed by atoms with E-state index in [1.165, 1.54) is 22.9 Å². The van der Waals surface area contributed by atoms with E-state index in [1.807, 2.05) is 20.8 Å². The summed E-state index contributed by atoms with van der Waals surface area (Å²) in [6.07, 6.45) is 2.03. The van der Waals surface area contributed by atoms with Crippen molar-refractivity contribution < 1.29 is 18.4 Å². The molecule has 1 aromatic heterocycles. The summed E-state index contributed by atoms with van der Waals surface area (Å²) >= 11 is 0. The summed E-state index contributed by atoms with van der Waals surface area (Å²) in [6.45, 7) is 7.59. The van der Waals surface area contributed by atoms with Crippen molar-refractivity contribution in [3.63, 3.8) is 0 Å². The van der Waals surface area contributed by atoms with Crippen molar-refractivity contribution in [3.8, 4) is 0 Å². The molecule has 33 heavy (non-hydrogen) atoms. The Morgan fingerprint density at radius 2 is 1.88 bits per heavy atom. The molecule has 0 saturated carbocycles. The van der Waals surface area contributed by atoms with E-state index >= 15 is 0 Å². The van der Waals surface area contributed by atoms with E-state index in [2.05, 4.69) is 10.6 Å². The Kier molecular flexibility index (Phi) is 7.02. The molecule has 2 N–H and O–H groups in total. The Hall–Kier alpha value is -3.07. The van der Waals surface area contributed by atoms with Gasteiger partial charge in [-0.25, -0.2) is 8.78 Å². The fourth-order valence-corrected chi connectivity index (χ4v) is 3.78. The maximum absolute atomic E-state index is 14.1. The number of nitrogens with zero attached hydrogens (tertiary/aromatic N) is 2. The number of fused-ring (bicyclic) bond motifs is 1. The quantitative estimate of drug-likeness (QED) is 0.693. The molecule has 1 aliphatic rings. The number of pyridine rings is 1. The topological polar surface area (TPSA) is 83.4 Å². The van der Waals surface area contributed by atoms with Gasteiger partial charge in [-0.05, 0) is 37.4 Å². The normalized spacial score (nSPS) is 15.2. The molecule has 0 bridgehead atoms. The molecule has 0 fully saturated rings. The third-order valence-electron chi connectivity index (χ3n) is 5.93. The first-order valence-corrected chi connectivity index (χ1v) is 10.9. The second-order valence-corrected chi connectivity index (χ2v) is 9.44. The SMILES string of the molecule is CN[C@@H](C)C(=O)N[C@H](C(=O)N1CCc2cc(=O)n(Cc3ccc(F)cc3F)cc21)C(C)(C)C. The van der Waals surface area contributed by atoms with Crippen LogP contribution in [0.5, 0.6) is 0 Å². The van der Waals surface area contributed by atoms with Gasteiger partial charge in [-0.1, -0.05) is 26.8 Å². The number of anilines is 1. The first-order chi connectivity index (χ1) is 15.4. The number of hydrogen-bond acceptors (Lipinski definition) is 4. The van der Waals surface area contributed by atoms with Crippen LogP contribution in [0, 0.1) is 17.0 Å². The number of carbonyl (C=O) groups excluding carboxylic acids is 2. The monoisotopic (exact) mass is 460 g/mol. The maximum atomic E-state index is 14.1. The fourth-order valence-electron chi connectivity index (χ4n) is 3.78. The molecule has 3 rings (SSSR count). The highest BCUT2D eigenvalue weighted by atomic mass is 19.1. The Bertz CT molecular complexity index is 1120. The molecular formula is C24H30F2N4O3. The van der Waals surface area contributed by atoms with Crippen LogP contribution in [0.3, 0.4) is 0 Å². The summed E-state index contributed by atoms with van der Waals surface area (Å²) in [5.74, 6) is -2.01. The highest BCUT2D eigenvalue weighted by molar-refractivity contribution is 6.01. The number of amides is 2. The van der Waals surface area contributed by atoms with Gasteiger partial charge >= 0.3 is 0 Å². The van der Waals surface area contributed by atoms with Gasteiger partial charge in [0.25, 0.3) is 5.56 Å². The first kappa shape index (κ1) is 24.6. The molecule has 1 aromatic carbocycles. The molecule has 178 valence electrons. The van der Waals surface area contributed by atoms with Gasteiger partial charge in [-0.15, -0.1) is 0 Å². The van der Waals surface area contributed by atoms with Crippen LogP contribution in [0.4, 0.5) is 14.5 Å². The van der Waals surface area contributed by atoms with E-state index in [0.717, 1.165) is 12.1 Å². The first-order valence-electron chi connectivity index (χ1n) is 10.9. The second kappa shape index (κ2) is 9.43. The second-order valence-electron chi connectivity index (χ2n) is 9.44. The molecular weight excluding hydrogens is 430 g/mol. The zero-order chi connectivity index (χ0) is 24.5. The molecule has 7 nitrogen and oxygen atoms in total. The maximum Gasteiger partial charge on any atom is 0.251 e. The molecule has 2 aromatic rings. The fraction of sp³-hybridized carbons (Fsp3) is 0.458. The Morgan fingerprint density at radius 3 is 2.48 bits per heavy atom. The number of likely N-dealkylation sites (N-methyl/N-ethyl adjacent to an activating group) is 1. The molecule has 0 aliphatic carbocycles. The zero-order valence-corrected chi connectivity index (χ0v) is 19.5. The zero-order valence-electron chi connectivity index (χ0n) is 19.5. The molecule has 0 unspecified atom stereocenters. The van der Waals surface area contributed by atoms with Crippen LogP contribution in [-0.4, -0.2) is 42.1 Å². The third kappa shape index (κ3) is 5.30. The number of nitrogens with one attached hydrogen (secondary N) is 2. The van der Waals surface area contributed by atoms with Gasteiger partial charge in [0.2, 0.25) is 11.8 Å². The minimum absolute atomic E-state index is 0.0978. The van der Waals surface area contributed by atoms with E-state index in [1.54, 1.807) is 18.9 Å². The van der Waals surface area contributed by atoms with Crippen molar-refractivity contribution in [1.82, 2.24) is 15.2 Å². The van der Waals surface area contributed by atoms with Crippen molar-refractivity contribution in [1.29, 1.82) is 0 Å². The summed E-state index contributed by atoms with van der Waals surface area (Å²) in [6, 6.07) is 3.38. The van der Waals surface area contributed by atoms with Crippen molar-refractivity contribution >= 4 is 17.5 Å². The van der Waals surface area contributed by atoms with Crippen LogP contribution in [0.15, 0.2) is 35.3 Å². The van der Waals surface area contributed by atoms with E-state index < -0.39 is 29.1 Å². The number of hydrogen-bond donors (Lipinski definition) is 2. The Morgan fingerprint density at radius 1 is 1.18 bits per heavy atom. The number of halogens is 2. The van der Waals surface area contributed by atoms with Crippen LogP contribution < -0.4 is 21.1 Å². The van der Waals surface area contributed by atoms with Crippen molar-refractivity contribution in [3.05, 3.63) is 63.6 Å². The largest absolute Gasteiger partial charge is 0.342 e. The van der Waals surface area contributed by atoms with E-state index in [4.69, 9.17) is 0 Å². The summed E-state index contributed by atoms with van der Waals surface area (Å²) in [5, 5.41) is 5.71. The Labute approximate surface area is 191 Å². The smallest absolute Gasteiger partial charge is 0.251 e. The van der Waals surface area contributed by atoms with Gasteiger partial charge in [-0.2, -0.15) is 0 Å². The molecule has 0 saturated heterocycles. The molecule has 0 spiro atoms. The Balaban J connectivity index is 1.92. The number of benzene rings is 1. The van der Waals surface area contributed by atoms with Gasteiger partial charge in [-0.3, -0.25) is 14.4 Å². The predicted octanol–water partition coefficient (Wildman–Crippen LogP) is 2.20. The van der Waals surface area contributed by atoms with Crippen LogP contribution in [0.25, 0.3) is 0 Å². The number of rotatable bonds is 6. The van der Waals surface area contributed by atoms with Crippen molar-refractivity contribution in [2.45, 2.75) is 52.7 Å². The predicted molar refractivity (Wildman–Crippen MR) is 122 cm³/mol. The lowest BCUT2D eigenvalue weighted by molar-refractivity contribution is -0.130. The summed E-state index contributed by atoms with van der Waals surface area (Å²) < 4.78 is 28.7. The van der Waals surface area contributed by atoms with Crippen LogP contribution in [0.2, 0.25) is 0 Å². The summed E-state index contributed by atoms with van der Waals surface area (Å²) in [4.78, 5) is 40.2. The van der Waals surface area contributed by atoms with Crippen molar-refractivity contribution in [2.24, 2.45) is 5.41 Å². The van der Waals surface area contributed by atoms with Crippen LogP contribution >= 0.6 is 0 Å². The minimum Gasteiger partial charge on any atom is -0.342 e.